The normalized spacial score (nSPS) is 13.9. The van der Waals surface area contributed by atoms with Crippen LogP contribution < -0.4 is 32.7 Å². The van der Waals surface area contributed by atoms with E-state index >= 15 is 0 Å². The fourth-order valence-corrected chi connectivity index (χ4v) is 5.36. The van der Waals surface area contributed by atoms with Crippen LogP contribution in [0, 0.1) is 0 Å². The lowest BCUT2D eigenvalue weighted by Gasteiger charge is -2.20. The van der Waals surface area contributed by atoms with Crippen molar-refractivity contribution >= 4 is 45.2 Å². The van der Waals surface area contributed by atoms with Gasteiger partial charge in [0.25, 0.3) is 0 Å². The number of amides is 4. The molecular weight excluding hydrogens is 572 g/mol. The molecule has 1 aromatic rings. The Morgan fingerprint density at radius 1 is 0.951 bits per heavy atom. The maximum atomic E-state index is 12.9. The number of phenols is 1. The largest absolute Gasteiger partial charge is 0.508 e. The molecule has 0 bridgehead atoms. The fraction of sp³-hybridized carbons (Fsp3) is 0.615. The second kappa shape index (κ2) is 21.2. The van der Waals surface area contributed by atoms with Gasteiger partial charge in [0.05, 0.1) is 25.3 Å². The number of hydrogen-bond donors (Lipinski definition) is 9. The summed E-state index contributed by atoms with van der Waals surface area (Å²) in [6, 6.07) is 3.86. The van der Waals surface area contributed by atoms with Crippen LogP contribution >= 0.6 is 21.6 Å². The van der Waals surface area contributed by atoms with Crippen LogP contribution in [0.15, 0.2) is 24.3 Å². The molecule has 232 valence electrons. The lowest BCUT2D eigenvalue weighted by Crippen LogP contribution is -2.51. The second-order valence-electron chi connectivity index (χ2n) is 9.39. The summed E-state index contributed by atoms with van der Waals surface area (Å²) in [6.45, 7) is 1.77. The molecule has 0 heterocycles. The van der Waals surface area contributed by atoms with Gasteiger partial charge in [-0.1, -0.05) is 40.1 Å². The number of rotatable bonds is 21. The number of nitrogens with one attached hydrogen (secondary N) is 4. The van der Waals surface area contributed by atoms with Gasteiger partial charge in [0, 0.05) is 30.9 Å². The van der Waals surface area contributed by atoms with Crippen LogP contribution in [0.1, 0.15) is 38.2 Å². The molecule has 0 radical (unpaired) electrons. The molecule has 1 unspecified atom stereocenters. The van der Waals surface area contributed by atoms with Crippen molar-refractivity contribution in [1.82, 2.24) is 21.3 Å². The van der Waals surface area contributed by atoms with Gasteiger partial charge < -0.3 is 48.1 Å². The molecule has 0 saturated carbocycles. The van der Waals surface area contributed by atoms with Crippen LogP contribution in [0.4, 0.5) is 0 Å². The zero-order valence-electron chi connectivity index (χ0n) is 23.3. The Morgan fingerprint density at radius 2 is 1.63 bits per heavy atom. The van der Waals surface area contributed by atoms with Gasteiger partial charge in [-0.05, 0) is 44.0 Å². The molecule has 15 heteroatoms. The molecule has 1 rings (SSSR count). The quantitative estimate of drug-likeness (QED) is 0.0584. The minimum absolute atomic E-state index is 0.0697. The first-order valence-corrected chi connectivity index (χ1v) is 16.0. The third kappa shape index (κ3) is 16.5. The fourth-order valence-electron chi connectivity index (χ4n) is 3.46. The monoisotopic (exact) mass is 616 g/mol. The van der Waals surface area contributed by atoms with Crippen LogP contribution in [0.2, 0.25) is 0 Å². The average molecular weight is 617 g/mol. The van der Waals surface area contributed by atoms with Gasteiger partial charge in [0.15, 0.2) is 0 Å². The van der Waals surface area contributed by atoms with Gasteiger partial charge in [-0.2, -0.15) is 0 Å². The van der Waals surface area contributed by atoms with Crippen molar-refractivity contribution in [3.63, 3.8) is 0 Å². The number of carbonyl (C=O) groups excluding carboxylic acids is 4. The van der Waals surface area contributed by atoms with Gasteiger partial charge >= 0.3 is 0 Å². The van der Waals surface area contributed by atoms with E-state index in [0.717, 1.165) is 12.8 Å². The van der Waals surface area contributed by atoms with Gasteiger partial charge in [-0.15, -0.1) is 0 Å². The minimum Gasteiger partial charge on any atom is -0.508 e. The van der Waals surface area contributed by atoms with Gasteiger partial charge in [0.2, 0.25) is 23.6 Å². The molecule has 41 heavy (non-hydrogen) atoms. The molecule has 0 aliphatic heterocycles. The third-order valence-corrected chi connectivity index (χ3v) is 8.25. The van der Waals surface area contributed by atoms with Crippen LogP contribution in [0.25, 0.3) is 0 Å². The minimum atomic E-state index is -0.985. The van der Waals surface area contributed by atoms with E-state index in [1.807, 2.05) is 0 Å². The number of hydrogen-bond acceptors (Lipinski definition) is 11. The Kier molecular flexibility index (Phi) is 18.8. The molecule has 4 amide bonds. The second-order valence-corrected chi connectivity index (χ2v) is 12.1. The number of unbranched alkanes of at least 4 members (excludes halogenated alkanes) is 1. The Labute approximate surface area is 248 Å². The highest BCUT2D eigenvalue weighted by molar-refractivity contribution is 8.76. The number of aliphatic hydroxyl groups excluding tert-OH is 2. The van der Waals surface area contributed by atoms with E-state index in [1.54, 1.807) is 12.1 Å². The zero-order valence-corrected chi connectivity index (χ0v) is 25.0. The SMILES string of the molecule is C[C@@H](O)[C@H](N)C(=O)NCCSSCCC(=O)NC(Cc1ccc(O)cc1)C(=O)NCC(=O)N[C@H](CO)CCCCN. The van der Waals surface area contributed by atoms with E-state index in [2.05, 4.69) is 21.3 Å². The van der Waals surface area contributed by atoms with Crippen molar-refractivity contribution in [2.24, 2.45) is 11.5 Å². The number of benzene rings is 1. The Hall–Kier alpha value is -2.56. The first kappa shape index (κ1) is 36.5. The maximum Gasteiger partial charge on any atom is 0.243 e. The number of carbonyl (C=O) groups is 4. The zero-order chi connectivity index (χ0) is 30.6. The molecule has 4 atom stereocenters. The van der Waals surface area contributed by atoms with E-state index in [-0.39, 0.29) is 37.6 Å². The lowest BCUT2D eigenvalue weighted by atomic mass is 10.0. The van der Waals surface area contributed by atoms with E-state index in [1.165, 1.54) is 40.6 Å². The molecule has 0 aliphatic carbocycles. The highest BCUT2D eigenvalue weighted by Crippen LogP contribution is 2.21. The molecule has 0 aromatic heterocycles. The maximum absolute atomic E-state index is 12.9. The summed E-state index contributed by atoms with van der Waals surface area (Å²) in [5.74, 6) is -0.687. The summed E-state index contributed by atoms with van der Waals surface area (Å²) >= 11 is 0. The van der Waals surface area contributed by atoms with E-state index < -0.39 is 42.0 Å². The van der Waals surface area contributed by atoms with Crippen molar-refractivity contribution in [2.75, 3.05) is 37.7 Å². The van der Waals surface area contributed by atoms with E-state index in [4.69, 9.17) is 11.5 Å². The summed E-state index contributed by atoms with van der Waals surface area (Å²) < 4.78 is 0. The van der Waals surface area contributed by atoms with Crippen molar-refractivity contribution in [2.45, 2.75) is 63.3 Å². The van der Waals surface area contributed by atoms with Gasteiger partial charge in [0.1, 0.15) is 17.8 Å². The Morgan fingerprint density at radius 3 is 2.27 bits per heavy atom. The van der Waals surface area contributed by atoms with Crippen LogP contribution in [-0.4, -0.2) is 101 Å². The van der Waals surface area contributed by atoms with Crippen molar-refractivity contribution < 1.29 is 34.5 Å². The lowest BCUT2D eigenvalue weighted by molar-refractivity contribution is -0.130. The third-order valence-electron chi connectivity index (χ3n) is 5.85. The van der Waals surface area contributed by atoms with Crippen LogP contribution in [-0.2, 0) is 25.6 Å². The summed E-state index contributed by atoms with van der Waals surface area (Å²) in [6.07, 6.45) is 1.43. The smallest absolute Gasteiger partial charge is 0.243 e. The van der Waals surface area contributed by atoms with Crippen LogP contribution in [0.5, 0.6) is 5.75 Å². The molecule has 11 N–H and O–H groups in total. The topological polar surface area (TPSA) is 229 Å². The van der Waals surface area contributed by atoms with Gasteiger partial charge in [-0.25, -0.2) is 0 Å². The molecule has 0 aliphatic rings. The highest BCUT2D eigenvalue weighted by Gasteiger charge is 2.22. The van der Waals surface area contributed by atoms with Crippen molar-refractivity contribution in [1.29, 1.82) is 0 Å². The molecule has 1 aromatic carbocycles. The molecule has 0 spiro atoms. The number of aliphatic hydroxyl groups is 2. The van der Waals surface area contributed by atoms with Crippen molar-refractivity contribution in [3.8, 4) is 5.75 Å². The summed E-state index contributed by atoms with van der Waals surface area (Å²) in [5.41, 5.74) is 11.7. The average Bonchev–Trinajstić information content (AvgIpc) is 2.95. The molecule has 0 fully saturated rings. The number of aromatic hydroxyl groups is 1. The van der Waals surface area contributed by atoms with E-state index in [0.29, 0.717) is 36.6 Å². The van der Waals surface area contributed by atoms with Crippen molar-refractivity contribution in [3.05, 3.63) is 29.8 Å². The molecule has 13 nitrogen and oxygen atoms in total. The summed E-state index contributed by atoms with van der Waals surface area (Å²) in [7, 11) is 2.89. The highest BCUT2D eigenvalue weighted by atomic mass is 33.1. The Bertz CT molecular complexity index is 939. The standard InChI is InChI=1S/C26H44N6O7S2/c1-17(34)24(28)26(39)29-11-13-41-40-12-9-22(36)32-21(14-18-5-7-20(35)8-6-18)25(38)30-15-23(37)31-19(16-33)4-2-3-10-27/h5-8,17,19,21,24,33-35H,2-4,9-16,27-28H2,1H3,(H,29,39)(H,30,38)(H,31,37)(H,32,36)/t17-,19+,21?,24+/m1/s1. The Balaban J connectivity index is 2.54. The predicted octanol–water partition coefficient (Wildman–Crippen LogP) is -1.26. The summed E-state index contributed by atoms with van der Waals surface area (Å²) in [5, 5.41) is 38.9. The van der Waals surface area contributed by atoms with Crippen LogP contribution in [0.3, 0.4) is 0 Å². The first-order chi connectivity index (χ1) is 19.6. The molecular formula is C26H44N6O7S2. The number of nitrogens with two attached hydrogens (primary N) is 2. The van der Waals surface area contributed by atoms with E-state index in [9.17, 15) is 34.5 Å². The first-order valence-electron chi connectivity index (χ1n) is 13.5. The number of phenolic OH excluding ortho intramolecular Hbond substituents is 1. The van der Waals surface area contributed by atoms with Gasteiger partial charge in [-0.3, -0.25) is 19.2 Å². The summed E-state index contributed by atoms with van der Waals surface area (Å²) in [4.78, 5) is 49.6. The molecule has 0 saturated heterocycles. The predicted molar refractivity (Wildman–Crippen MR) is 161 cm³/mol.